The summed E-state index contributed by atoms with van der Waals surface area (Å²) < 4.78 is 5.33. The van der Waals surface area contributed by atoms with Gasteiger partial charge in [0.25, 0.3) is 0 Å². The molecule has 0 aromatic carbocycles. The molecule has 2 saturated heterocycles. The molecule has 1 amide bonds. The lowest BCUT2D eigenvalue weighted by atomic mass is 9.70. The Kier molecular flexibility index (Phi) is 4.57. The Morgan fingerprint density at radius 1 is 1.35 bits per heavy atom. The van der Waals surface area contributed by atoms with Crippen LogP contribution in [0.3, 0.4) is 0 Å². The van der Waals surface area contributed by atoms with E-state index in [0.717, 1.165) is 51.1 Å². The van der Waals surface area contributed by atoms with Crippen molar-refractivity contribution in [2.45, 2.75) is 33.2 Å². The van der Waals surface area contributed by atoms with Crippen LogP contribution in [-0.4, -0.2) is 54.0 Å². The van der Waals surface area contributed by atoms with Crippen molar-refractivity contribution in [2.24, 2.45) is 11.3 Å². The zero-order valence-corrected chi connectivity index (χ0v) is 14.4. The first-order chi connectivity index (χ1) is 11.0. The molecule has 3 rings (SSSR count). The van der Waals surface area contributed by atoms with Crippen molar-refractivity contribution >= 4 is 5.91 Å². The van der Waals surface area contributed by atoms with Crippen LogP contribution in [0.5, 0.6) is 5.88 Å². The van der Waals surface area contributed by atoms with Crippen molar-refractivity contribution in [1.29, 1.82) is 0 Å². The standard InChI is InChI=1S/C18H27N3O2/c1-14(2)11-21-13-18(17(21)22)6-9-20(10-7-18)12-15-5-4-8-19-16(15)23-3/h4-5,8,14H,6-7,9-13H2,1-3H3. The summed E-state index contributed by atoms with van der Waals surface area (Å²) in [5, 5.41) is 0. The van der Waals surface area contributed by atoms with Gasteiger partial charge in [-0.25, -0.2) is 4.98 Å². The third-order valence-electron chi connectivity index (χ3n) is 5.07. The number of hydrogen-bond acceptors (Lipinski definition) is 4. The van der Waals surface area contributed by atoms with E-state index >= 15 is 0 Å². The van der Waals surface area contributed by atoms with Gasteiger partial charge >= 0.3 is 0 Å². The Hall–Kier alpha value is -1.62. The van der Waals surface area contributed by atoms with E-state index in [-0.39, 0.29) is 5.41 Å². The summed E-state index contributed by atoms with van der Waals surface area (Å²) in [7, 11) is 1.66. The molecule has 5 nitrogen and oxygen atoms in total. The van der Waals surface area contributed by atoms with Gasteiger partial charge in [0, 0.05) is 31.4 Å². The molecule has 0 bridgehead atoms. The number of amides is 1. The lowest BCUT2D eigenvalue weighted by Gasteiger charge is -2.53. The van der Waals surface area contributed by atoms with Crippen LogP contribution in [0.2, 0.25) is 0 Å². The lowest BCUT2D eigenvalue weighted by Crippen LogP contribution is -2.65. The average Bonchev–Trinajstić information content (AvgIpc) is 2.56. The Labute approximate surface area is 138 Å². The van der Waals surface area contributed by atoms with E-state index in [0.29, 0.717) is 17.7 Å². The van der Waals surface area contributed by atoms with Gasteiger partial charge in [0.15, 0.2) is 0 Å². The number of aromatic nitrogens is 1. The Morgan fingerprint density at radius 3 is 2.70 bits per heavy atom. The van der Waals surface area contributed by atoms with Crippen molar-refractivity contribution < 1.29 is 9.53 Å². The van der Waals surface area contributed by atoms with Gasteiger partial charge in [-0.2, -0.15) is 0 Å². The molecule has 3 heterocycles. The van der Waals surface area contributed by atoms with E-state index in [1.165, 1.54) is 0 Å². The molecule has 126 valence electrons. The van der Waals surface area contributed by atoms with E-state index in [4.69, 9.17) is 4.74 Å². The molecule has 5 heteroatoms. The van der Waals surface area contributed by atoms with Crippen LogP contribution in [0.15, 0.2) is 18.3 Å². The van der Waals surface area contributed by atoms with E-state index in [9.17, 15) is 4.79 Å². The van der Waals surface area contributed by atoms with Crippen LogP contribution >= 0.6 is 0 Å². The number of nitrogens with zero attached hydrogens (tertiary/aromatic N) is 3. The van der Waals surface area contributed by atoms with Crippen molar-refractivity contribution in [1.82, 2.24) is 14.8 Å². The average molecular weight is 317 g/mol. The normalized spacial score (nSPS) is 20.9. The molecule has 23 heavy (non-hydrogen) atoms. The zero-order chi connectivity index (χ0) is 16.4. The van der Waals surface area contributed by atoms with Crippen LogP contribution in [0.1, 0.15) is 32.3 Å². The number of ether oxygens (including phenoxy) is 1. The molecular weight excluding hydrogens is 290 g/mol. The molecule has 0 unspecified atom stereocenters. The van der Waals surface area contributed by atoms with Gasteiger partial charge in [-0.15, -0.1) is 0 Å². The molecule has 2 fully saturated rings. The largest absolute Gasteiger partial charge is 0.481 e. The number of carbonyl (C=O) groups excluding carboxylic acids is 1. The van der Waals surface area contributed by atoms with Crippen molar-refractivity contribution in [3.05, 3.63) is 23.9 Å². The number of carbonyl (C=O) groups is 1. The third-order valence-corrected chi connectivity index (χ3v) is 5.07. The maximum Gasteiger partial charge on any atom is 0.230 e. The maximum absolute atomic E-state index is 12.5. The molecule has 2 aliphatic heterocycles. The predicted octanol–water partition coefficient (Wildman–Crippen LogP) is 2.17. The number of pyridine rings is 1. The molecule has 0 N–H and O–H groups in total. The minimum absolute atomic E-state index is 0.0651. The quantitative estimate of drug-likeness (QED) is 0.781. The van der Waals surface area contributed by atoms with Gasteiger partial charge in [0.1, 0.15) is 0 Å². The maximum atomic E-state index is 12.5. The van der Waals surface area contributed by atoms with Crippen LogP contribution in [0.4, 0.5) is 0 Å². The van der Waals surface area contributed by atoms with Crippen molar-refractivity contribution in [3.8, 4) is 5.88 Å². The number of hydrogen-bond donors (Lipinski definition) is 0. The number of likely N-dealkylation sites (tertiary alicyclic amines) is 2. The number of piperidine rings is 1. The molecular formula is C18H27N3O2. The van der Waals surface area contributed by atoms with E-state index in [2.05, 4.69) is 29.8 Å². The first kappa shape index (κ1) is 16.2. The van der Waals surface area contributed by atoms with Crippen LogP contribution in [-0.2, 0) is 11.3 Å². The zero-order valence-electron chi connectivity index (χ0n) is 14.4. The molecule has 1 spiro atoms. The first-order valence-corrected chi connectivity index (χ1v) is 8.54. The van der Waals surface area contributed by atoms with Crippen LogP contribution in [0, 0.1) is 11.3 Å². The summed E-state index contributed by atoms with van der Waals surface area (Å²) >= 11 is 0. The molecule has 0 atom stereocenters. The summed E-state index contributed by atoms with van der Waals surface area (Å²) in [4.78, 5) is 21.2. The molecule has 0 aliphatic carbocycles. The molecule has 2 aliphatic rings. The molecule has 1 aromatic rings. The number of rotatable bonds is 5. The van der Waals surface area contributed by atoms with Gasteiger partial charge in [-0.05, 0) is 37.9 Å². The fourth-order valence-corrected chi connectivity index (χ4v) is 3.82. The lowest BCUT2D eigenvalue weighted by molar-refractivity contribution is -0.166. The van der Waals surface area contributed by atoms with Crippen LogP contribution < -0.4 is 4.74 Å². The van der Waals surface area contributed by atoms with Crippen LogP contribution in [0.25, 0.3) is 0 Å². The van der Waals surface area contributed by atoms with Gasteiger partial charge in [-0.1, -0.05) is 19.9 Å². The Balaban J connectivity index is 1.54. The fourth-order valence-electron chi connectivity index (χ4n) is 3.82. The molecule has 1 aromatic heterocycles. The summed E-state index contributed by atoms with van der Waals surface area (Å²) in [6.45, 7) is 8.98. The van der Waals surface area contributed by atoms with Crippen molar-refractivity contribution in [2.75, 3.05) is 33.3 Å². The van der Waals surface area contributed by atoms with E-state index < -0.39 is 0 Å². The van der Waals surface area contributed by atoms with Gasteiger partial charge < -0.3 is 9.64 Å². The van der Waals surface area contributed by atoms with E-state index in [1.807, 2.05) is 11.0 Å². The minimum Gasteiger partial charge on any atom is -0.481 e. The number of methoxy groups -OCH3 is 1. The highest BCUT2D eigenvalue weighted by Gasteiger charge is 2.52. The van der Waals surface area contributed by atoms with Gasteiger partial charge in [0.2, 0.25) is 11.8 Å². The van der Waals surface area contributed by atoms with Gasteiger partial charge in [0.05, 0.1) is 12.5 Å². The summed E-state index contributed by atoms with van der Waals surface area (Å²) in [5.74, 6) is 1.63. The highest BCUT2D eigenvalue weighted by Crippen LogP contribution is 2.42. The third kappa shape index (κ3) is 3.20. The Bertz CT molecular complexity index is 565. The molecule has 0 radical (unpaired) electrons. The number of β-lactam (4-membered cyclic amide) rings is 1. The minimum atomic E-state index is -0.0651. The van der Waals surface area contributed by atoms with Crippen molar-refractivity contribution in [3.63, 3.8) is 0 Å². The Morgan fingerprint density at radius 2 is 2.09 bits per heavy atom. The van der Waals surface area contributed by atoms with E-state index in [1.54, 1.807) is 13.3 Å². The monoisotopic (exact) mass is 317 g/mol. The smallest absolute Gasteiger partial charge is 0.230 e. The first-order valence-electron chi connectivity index (χ1n) is 8.54. The summed E-state index contributed by atoms with van der Waals surface area (Å²) in [5.41, 5.74) is 1.05. The topological polar surface area (TPSA) is 45.7 Å². The summed E-state index contributed by atoms with van der Waals surface area (Å²) in [6.07, 6.45) is 3.70. The van der Waals surface area contributed by atoms with Gasteiger partial charge in [-0.3, -0.25) is 9.69 Å². The summed E-state index contributed by atoms with van der Waals surface area (Å²) in [6, 6.07) is 4.01. The second-order valence-corrected chi connectivity index (χ2v) is 7.31. The second-order valence-electron chi connectivity index (χ2n) is 7.31. The second kappa shape index (κ2) is 6.48. The fraction of sp³-hybridized carbons (Fsp3) is 0.667. The highest BCUT2D eigenvalue weighted by atomic mass is 16.5. The molecule has 0 saturated carbocycles. The predicted molar refractivity (Wildman–Crippen MR) is 89.2 cm³/mol. The SMILES string of the molecule is COc1ncccc1CN1CCC2(CC1)CN(CC(C)C)C2=O. The highest BCUT2D eigenvalue weighted by molar-refractivity contribution is 5.89.